The highest BCUT2D eigenvalue weighted by Gasteiger charge is 2.39. The fraction of sp³-hybridized carbons (Fsp3) is 0.350. The SMILES string of the molecule is COc1ccc(SC2CC(=O)[C@H](NC(=O)c3ccco3)O[C@@H]2COC(C)=O)cc1. The van der Waals surface area contributed by atoms with Crippen molar-refractivity contribution >= 4 is 29.4 Å². The zero-order valence-electron chi connectivity index (χ0n) is 16.0. The Labute approximate surface area is 171 Å². The van der Waals surface area contributed by atoms with Crippen molar-refractivity contribution in [1.29, 1.82) is 0 Å². The molecule has 2 aromatic rings. The molecular weight excluding hydrogens is 398 g/mol. The molecule has 1 unspecified atom stereocenters. The number of ether oxygens (including phenoxy) is 3. The second kappa shape index (κ2) is 9.62. The first-order valence-electron chi connectivity index (χ1n) is 8.93. The number of carbonyl (C=O) groups excluding carboxylic acids is 3. The summed E-state index contributed by atoms with van der Waals surface area (Å²) in [4.78, 5) is 36.9. The van der Waals surface area contributed by atoms with Crippen molar-refractivity contribution in [2.24, 2.45) is 0 Å². The van der Waals surface area contributed by atoms with Crippen LogP contribution < -0.4 is 10.1 Å². The van der Waals surface area contributed by atoms with E-state index in [9.17, 15) is 14.4 Å². The molecule has 1 aliphatic heterocycles. The molecule has 8 nitrogen and oxygen atoms in total. The highest BCUT2D eigenvalue weighted by atomic mass is 32.2. The molecule has 0 bridgehead atoms. The molecule has 0 saturated carbocycles. The monoisotopic (exact) mass is 419 g/mol. The van der Waals surface area contributed by atoms with Crippen LogP contribution in [0.1, 0.15) is 23.9 Å². The number of carbonyl (C=O) groups is 3. The van der Waals surface area contributed by atoms with Gasteiger partial charge in [0.2, 0.25) is 0 Å². The lowest BCUT2D eigenvalue weighted by Crippen LogP contribution is -2.53. The Balaban J connectivity index is 1.69. The van der Waals surface area contributed by atoms with Gasteiger partial charge in [-0.2, -0.15) is 0 Å². The minimum absolute atomic E-state index is 0.0242. The van der Waals surface area contributed by atoms with Gasteiger partial charge in [0.05, 0.1) is 13.4 Å². The molecule has 1 amide bonds. The van der Waals surface area contributed by atoms with Crippen molar-refractivity contribution in [3.05, 3.63) is 48.4 Å². The van der Waals surface area contributed by atoms with Gasteiger partial charge in [-0.05, 0) is 36.4 Å². The summed E-state index contributed by atoms with van der Waals surface area (Å²) in [6.07, 6.45) is -0.207. The molecule has 29 heavy (non-hydrogen) atoms. The van der Waals surface area contributed by atoms with Crippen LogP contribution in [-0.2, 0) is 19.1 Å². The quantitative estimate of drug-likeness (QED) is 0.683. The third kappa shape index (κ3) is 5.61. The number of benzene rings is 1. The first-order chi connectivity index (χ1) is 14.0. The molecule has 1 aliphatic rings. The van der Waals surface area contributed by atoms with E-state index in [1.165, 1.54) is 31.0 Å². The van der Waals surface area contributed by atoms with Crippen LogP contribution in [0, 0.1) is 0 Å². The molecule has 3 atom stereocenters. The summed E-state index contributed by atoms with van der Waals surface area (Å²) in [6.45, 7) is 1.28. The van der Waals surface area contributed by atoms with Gasteiger partial charge in [0.1, 0.15) is 18.5 Å². The molecule has 0 radical (unpaired) electrons. The third-order valence-electron chi connectivity index (χ3n) is 4.23. The van der Waals surface area contributed by atoms with Crippen LogP contribution in [0.5, 0.6) is 5.75 Å². The van der Waals surface area contributed by atoms with Gasteiger partial charge < -0.3 is 23.9 Å². The Morgan fingerprint density at radius 2 is 2.00 bits per heavy atom. The number of amides is 1. The molecule has 154 valence electrons. The van der Waals surface area contributed by atoms with Crippen molar-refractivity contribution in [3.8, 4) is 5.75 Å². The molecule has 0 aliphatic carbocycles. The molecule has 9 heteroatoms. The fourth-order valence-electron chi connectivity index (χ4n) is 2.78. The highest BCUT2D eigenvalue weighted by Crippen LogP contribution is 2.33. The number of hydrogen-bond donors (Lipinski definition) is 1. The van der Waals surface area contributed by atoms with E-state index >= 15 is 0 Å². The lowest BCUT2D eigenvalue weighted by Gasteiger charge is -2.35. The van der Waals surface area contributed by atoms with Crippen molar-refractivity contribution < 1.29 is 33.0 Å². The maximum atomic E-state index is 12.6. The van der Waals surface area contributed by atoms with Gasteiger partial charge in [-0.3, -0.25) is 14.4 Å². The minimum Gasteiger partial charge on any atom is -0.497 e. The van der Waals surface area contributed by atoms with Crippen LogP contribution in [-0.4, -0.2) is 49.0 Å². The topological polar surface area (TPSA) is 104 Å². The summed E-state index contributed by atoms with van der Waals surface area (Å²) < 4.78 is 21.1. The molecule has 1 fully saturated rings. The maximum absolute atomic E-state index is 12.6. The summed E-state index contributed by atoms with van der Waals surface area (Å²) >= 11 is 1.44. The van der Waals surface area contributed by atoms with E-state index in [-0.39, 0.29) is 29.8 Å². The van der Waals surface area contributed by atoms with Crippen LogP contribution in [0.25, 0.3) is 0 Å². The van der Waals surface area contributed by atoms with Crippen LogP contribution in [0.2, 0.25) is 0 Å². The van der Waals surface area contributed by atoms with Gasteiger partial charge in [0.15, 0.2) is 17.8 Å². The Bertz CT molecular complexity index is 850. The van der Waals surface area contributed by atoms with Crippen molar-refractivity contribution in [1.82, 2.24) is 5.32 Å². The molecule has 3 rings (SSSR count). The number of hydrogen-bond acceptors (Lipinski definition) is 8. The van der Waals surface area contributed by atoms with E-state index in [1.54, 1.807) is 13.2 Å². The number of esters is 1. The Morgan fingerprint density at radius 1 is 1.24 bits per heavy atom. The summed E-state index contributed by atoms with van der Waals surface area (Å²) in [7, 11) is 1.59. The number of ketones is 1. The van der Waals surface area contributed by atoms with E-state index < -0.39 is 24.2 Å². The summed E-state index contributed by atoms with van der Waals surface area (Å²) in [5.74, 6) is -0.471. The first-order valence-corrected chi connectivity index (χ1v) is 9.81. The molecule has 1 saturated heterocycles. The normalized spacial score (nSPS) is 21.4. The predicted octanol–water partition coefficient (Wildman–Crippen LogP) is 2.43. The molecular formula is C20H21NO7S. The van der Waals surface area contributed by atoms with Crippen LogP contribution in [0.4, 0.5) is 0 Å². The van der Waals surface area contributed by atoms with Gasteiger partial charge in [0.25, 0.3) is 5.91 Å². The number of Topliss-reactive ketones (excluding diaryl/α,β-unsaturated/α-hetero) is 1. The van der Waals surface area contributed by atoms with Crippen molar-refractivity contribution in [3.63, 3.8) is 0 Å². The average Bonchev–Trinajstić information content (AvgIpc) is 3.24. The fourth-order valence-corrected chi connectivity index (χ4v) is 3.97. The zero-order chi connectivity index (χ0) is 20.8. The second-order valence-electron chi connectivity index (χ2n) is 6.31. The van der Waals surface area contributed by atoms with Gasteiger partial charge >= 0.3 is 5.97 Å². The van der Waals surface area contributed by atoms with E-state index in [0.717, 1.165) is 10.6 Å². The van der Waals surface area contributed by atoms with Gasteiger partial charge in [-0.25, -0.2) is 0 Å². The second-order valence-corrected chi connectivity index (χ2v) is 7.62. The number of thioether (sulfide) groups is 1. The van der Waals surface area contributed by atoms with Gasteiger partial charge in [0, 0.05) is 23.5 Å². The van der Waals surface area contributed by atoms with Crippen molar-refractivity contribution in [2.75, 3.05) is 13.7 Å². The van der Waals surface area contributed by atoms with E-state index in [4.69, 9.17) is 18.6 Å². The lowest BCUT2D eigenvalue weighted by atomic mass is 10.1. The smallest absolute Gasteiger partial charge is 0.302 e. The summed E-state index contributed by atoms with van der Waals surface area (Å²) in [6, 6.07) is 10.5. The highest BCUT2D eigenvalue weighted by molar-refractivity contribution is 8.00. The molecule has 1 N–H and O–H groups in total. The van der Waals surface area contributed by atoms with Gasteiger partial charge in [-0.1, -0.05) is 0 Å². The van der Waals surface area contributed by atoms with E-state index in [0.29, 0.717) is 0 Å². The summed E-state index contributed by atoms with van der Waals surface area (Å²) in [5, 5.41) is 2.23. The van der Waals surface area contributed by atoms with Crippen LogP contribution in [0.3, 0.4) is 0 Å². The number of rotatable bonds is 7. The number of methoxy groups -OCH3 is 1. The van der Waals surface area contributed by atoms with Crippen molar-refractivity contribution in [2.45, 2.75) is 35.8 Å². The largest absolute Gasteiger partial charge is 0.497 e. The predicted molar refractivity (Wildman–Crippen MR) is 104 cm³/mol. The average molecular weight is 419 g/mol. The lowest BCUT2D eigenvalue weighted by molar-refractivity contribution is -0.156. The van der Waals surface area contributed by atoms with Crippen LogP contribution in [0.15, 0.2) is 52.0 Å². The molecule has 0 spiro atoms. The Kier molecular flexibility index (Phi) is 6.95. The Morgan fingerprint density at radius 3 is 2.62 bits per heavy atom. The standard InChI is InChI=1S/C20H21NO7S/c1-12(22)27-11-17-18(29-14-7-5-13(25-2)6-8-14)10-15(23)20(28-17)21-19(24)16-4-3-9-26-16/h3-9,17-18,20H,10-11H2,1-2H3,(H,21,24)/t17-,18?,20-/m1/s1. The van der Waals surface area contributed by atoms with E-state index in [1.807, 2.05) is 24.3 Å². The van der Waals surface area contributed by atoms with E-state index in [2.05, 4.69) is 5.32 Å². The van der Waals surface area contributed by atoms with Gasteiger partial charge in [-0.15, -0.1) is 11.8 Å². The molecule has 1 aromatic carbocycles. The zero-order valence-corrected chi connectivity index (χ0v) is 16.8. The number of nitrogens with one attached hydrogen (secondary N) is 1. The van der Waals surface area contributed by atoms with Crippen LogP contribution >= 0.6 is 11.8 Å². The minimum atomic E-state index is -1.14. The molecule has 1 aromatic heterocycles. The third-order valence-corrected chi connectivity index (χ3v) is 5.54. The first kappa shape index (κ1) is 20.9. The Hall–Kier alpha value is -2.78. The summed E-state index contributed by atoms with van der Waals surface area (Å²) in [5.41, 5.74) is 0. The molecule has 2 heterocycles. The maximum Gasteiger partial charge on any atom is 0.302 e. The number of furan rings is 1.